The van der Waals surface area contributed by atoms with Gasteiger partial charge in [-0.25, -0.2) is 0 Å². The van der Waals surface area contributed by atoms with Gasteiger partial charge in [-0.1, -0.05) is 221 Å². The Kier molecular flexibility index (Phi) is 52.9. The standard InChI is InChI=1S/C62H104O6/c1-4-7-10-13-16-19-22-25-28-30-32-34-37-40-43-46-49-52-55-61(64)67-58-59(57-66-60(63)54-51-48-45-42-39-36-33-27-24-21-18-15-12-9-6-3)68-62(65)56-53-50-47-44-41-38-35-31-29-26-23-20-17-14-11-8-5-2/h8,11,17,19-20,22,26-30,33,35,38,44,47,59H,4-7,9-10,12-16,18,21,23-25,31-32,34,36-37,39-43,45-46,48-58H2,1-3H3/b11-8-,20-17-,22-19-,29-26-,30-28-,33-27-,38-35-,47-44-. The van der Waals surface area contributed by atoms with Crippen molar-refractivity contribution in [2.24, 2.45) is 0 Å². The lowest BCUT2D eigenvalue weighted by molar-refractivity contribution is -0.167. The second-order valence-electron chi connectivity index (χ2n) is 18.5. The first-order chi connectivity index (χ1) is 33.5. The van der Waals surface area contributed by atoms with E-state index < -0.39 is 6.10 Å². The van der Waals surface area contributed by atoms with E-state index in [2.05, 4.69) is 118 Å². The molecule has 68 heavy (non-hydrogen) atoms. The van der Waals surface area contributed by atoms with Gasteiger partial charge in [-0.15, -0.1) is 0 Å². The first kappa shape index (κ1) is 64.3. The molecule has 0 rings (SSSR count). The Bertz CT molecular complexity index is 1360. The van der Waals surface area contributed by atoms with Gasteiger partial charge in [-0.05, 0) is 116 Å². The summed E-state index contributed by atoms with van der Waals surface area (Å²) >= 11 is 0. The van der Waals surface area contributed by atoms with Crippen LogP contribution in [0.2, 0.25) is 0 Å². The van der Waals surface area contributed by atoms with Crippen LogP contribution in [-0.4, -0.2) is 37.2 Å². The quantitative estimate of drug-likeness (QED) is 0.0262. The molecule has 0 aromatic carbocycles. The number of unbranched alkanes of at least 4 members (excludes halogenated alkanes) is 23. The van der Waals surface area contributed by atoms with Crippen LogP contribution in [0.15, 0.2) is 97.2 Å². The summed E-state index contributed by atoms with van der Waals surface area (Å²) in [7, 11) is 0. The zero-order valence-electron chi connectivity index (χ0n) is 44.3. The van der Waals surface area contributed by atoms with Crippen molar-refractivity contribution < 1.29 is 28.6 Å². The molecule has 0 N–H and O–H groups in total. The third-order valence-corrected chi connectivity index (χ3v) is 11.8. The highest BCUT2D eigenvalue weighted by molar-refractivity contribution is 5.71. The Hall–Kier alpha value is -3.67. The molecule has 388 valence electrons. The molecule has 0 aliphatic heterocycles. The Morgan fingerprint density at radius 2 is 0.588 bits per heavy atom. The second-order valence-corrected chi connectivity index (χ2v) is 18.5. The fourth-order valence-electron chi connectivity index (χ4n) is 7.56. The Morgan fingerprint density at radius 3 is 0.971 bits per heavy atom. The molecule has 6 heteroatoms. The predicted molar refractivity (Wildman–Crippen MR) is 293 cm³/mol. The first-order valence-corrected chi connectivity index (χ1v) is 28.2. The van der Waals surface area contributed by atoms with Crippen molar-refractivity contribution in [1.82, 2.24) is 0 Å². The molecule has 0 saturated heterocycles. The van der Waals surface area contributed by atoms with Crippen LogP contribution in [-0.2, 0) is 28.6 Å². The molecule has 6 nitrogen and oxygen atoms in total. The molecule has 0 bridgehead atoms. The summed E-state index contributed by atoms with van der Waals surface area (Å²) in [4.78, 5) is 38.1. The smallest absolute Gasteiger partial charge is 0.306 e. The highest BCUT2D eigenvalue weighted by Gasteiger charge is 2.19. The van der Waals surface area contributed by atoms with Gasteiger partial charge in [-0.3, -0.25) is 14.4 Å². The summed E-state index contributed by atoms with van der Waals surface area (Å²) < 4.78 is 16.8. The number of rotatable bonds is 50. The number of carbonyl (C=O) groups excluding carboxylic acids is 3. The molecular formula is C62H104O6. The van der Waals surface area contributed by atoms with Crippen molar-refractivity contribution in [2.75, 3.05) is 13.2 Å². The summed E-state index contributed by atoms with van der Waals surface area (Å²) in [6.45, 7) is 6.45. The van der Waals surface area contributed by atoms with Crippen molar-refractivity contribution in [3.63, 3.8) is 0 Å². The van der Waals surface area contributed by atoms with E-state index in [1.165, 1.54) is 109 Å². The average Bonchev–Trinajstić information content (AvgIpc) is 3.34. The van der Waals surface area contributed by atoms with Gasteiger partial charge in [0.2, 0.25) is 0 Å². The van der Waals surface area contributed by atoms with Gasteiger partial charge in [0.05, 0.1) is 0 Å². The molecular weight excluding hydrogens is 841 g/mol. The van der Waals surface area contributed by atoms with E-state index in [0.29, 0.717) is 19.3 Å². The van der Waals surface area contributed by atoms with Crippen molar-refractivity contribution in [3.05, 3.63) is 97.2 Å². The molecule has 0 saturated carbocycles. The largest absolute Gasteiger partial charge is 0.462 e. The SMILES string of the molecule is CC/C=C\C/C=C\C/C=C\C/C=C\C/C=C\CCCC(=O)OC(COC(=O)CCCCCCC/C=C\CCCCCCCC)COC(=O)CCCCCCCCC/C=C\C/C=C\CCCCCC. The molecule has 1 unspecified atom stereocenters. The fourth-order valence-corrected chi connectivity index (χ4v) is 7.56. The Balaban J connectivity index is 4.50. The summed E-state index contributed by atoms with van der Waals surface area (Å²) in [5.41, 5.74) is 0. The number of hydrogen-bond donors (Lipinski definition) is 0. The monoisotopic (exact) mass is 945 g/mol. The minimum atomic E-state index is -0.815. The van der Waals surface area contributed by atoms with Crippen molar-refractivity contribution >= 4 is 17.9 Å². The third kappa shape index (κ3) is 53.3. The second kappa shape index (κ2) is 55.9. The zero-order valence-corrected chi connectivity index (χ0v) is 44.3. The topological polar surface area (TPSA) is 78.9 Å². The van der Waals surface area contributed by atoms with Crippen LogP contribution in [0.4, 0.5) is 0 Å². The van der Waals surface area contributed by atoms with Crippen LogP contribution >= 0.6 is 0 Å². The average molecular weight is 946 g/mol. The van der Waals surface area contributed by atoms with Gasteiger partial charge < -0.3 is 14.2 Å². The lowest BCUT2D eigenvalue weighted by Gasteiger charge is -2.18. The summed E-state index contributed by atoms with van der Waals surface area (Å²) in [5, 5.41) is 0. The lowest BCUT2D eigenvalue weighted by atomic mass is 10.1. The number of allylic oxidation sites excluding steroid dienone is 16. The molecule has 0 radical (unpaired) electrons. The van der Waals surface area contributed by atoms with Gasteiger partial charge in [0.15, 0.2) is 6.10 Å². The van der Waals surface area contributed by atoms with Crippen LogP contribution < -0.4 is 0 Å². The van der Waals surface area contributed by atoms with Gasteiger partial charge in [-0.2, -0.15) is 0 Å². The molecule has 0 fully saturated rings. The molecule has 0 heterocycles. The van der Waals surface area contributed by atoms with Crippen LogP contribution in [0.3, 0.4) is 0 Å². The van der Waals surface area contributed by atoms with Gasteiger partial charge in [0.25, 0.3) is 0 Å². The van der Waals surface area contributed by atoms with E-state index in [1.807, 2.05) is 0 Å². The minimum Gasteiger partial charge on any atom is -0.462 e. The molecule has 0 spiro atoms. The minimum absolute atomic E-state index is 0.107. The summed E-state index contributed by atoms with van der Waals surface area (Å²) in [6, 6.07) is 0. The van der Waals surface area contributed by atoms with Crippen LogP contribution in [0.1, 0.15) is 258 Å². The zero-order chi connectivity index (χ0) is 49.3. The van der Waals surface area contributed by atoms with E-state index in [9.17, 15) is 14.4 Å². The predicted octanol–water partition coefficient (Wildman–Crippen LogP) is 18.9. The summed E-state index contributed by atoms with van der Waals surface area (Å²) in [5.74, 6) is -0.980. The summed E-state index contributed by atoms with van der Waals surface area (Å²) in [6.07, 6.45) is 74.0. The van der Waals surface area contributed by atoms with E-state index in [-0.39, 0.29) is 37.5 Å². The van der Waals surface area contributed by atoms with E-state index >= 15 is 0 Å². The third-order valence-electron chi connectivity index (χ3n) is 11.8. The number of esters is 3. The number of hydrogen-bond acceptors (Lipinski definition) is 6. The highest BCUT2D eigenvalue weighted by atomic mass is 16.6. The number of carbonyl (C=O) groups is 3. The number of ether oxygens (including phenoxy) is 3. The Labute approximate surface area is 419 Å². The van der Waals surface area contributed by atoms with Gasteiger partial charge in [0.1, 0.15) is 13.2 Å². The van der Waals surface area contributed by atoms with Crippen molar-refractivity contribution in [1.29, 1.82) is 0 Å². The maximum Gasteiger partial charge on any atom is 0.306 e. The van der Waals surface area contributed by atoms with Crippen LogP contribution in [0.25, 0.3) is 0 Å². The fraction of sp³-hybridized carbons (Fsp3) is 0.694. The molecule has 0 aromatic heterocycles. The molecule has 0 aliphatic carbocycles. The molecule has 1 atom stereocenters. The van der Waals surface area contributed by atoms with Crippen LogP contribution in [0, 0.1) is 0 Å². The maximum atomic E-state index is 12.8. The normalized spacial score (nSPS) is 12.8. The first-order valence-electron chi connectivity index (χ1n) is 28.2. The van der Waals surface area contributed by atoms with Crippen molar-refractivity contribution in [2.45, 2.75) is 264 Å². The maximum absolute atomic E-state index is 12.8. The highest BCUT2D eigenvalue weighted by Crippen LogP contribution is 2.14. The lowest BCUT2D eigenvalue weighted by Crippen LogP contribution is -2.30. The van der Waals surface area contributed by atoms with Gasteiger partial charge >= 0.3 is 17.9 Å². The van der Waals surface area contributed by atoms with Crippen LogP contribution in [0.5, 0.6) is 0 Å². The molecule has 0 aliphatic rings. The Morgan fingerprint density at radius 1 is 0.309 bits per heavy atom. The van der Waals surface area contributed by atoms with Crippen molar-refractivity contribution in [3.8, 4) is 0 Å². The molecule has 0 amide bonds. The van der Waals surface area contributed by atoms with E-state index in [1.54, 1.807) is 0 Å². The molecule has 0 aromatic rings. The van der Waals surface area contributed by atoms with Gasteiger partial charge in [0, 0.05) is 19.3 Å². The van der Waals surface area contributed by atoms with E-state index in [0.717, 1.165) is 103 Å². The van der Waals surface area contributed by atoms with E-state index in [4.69, 9.17) is 14.2 Å².